The Kier molecular flexibility index (Phi) is 10.9. The van der Waals surface area contributed by atoms with Crippen LogP contribution in [0.25, 0.3) is 22.2 Å². The number of nitrogens with zero attached hydrogens (tertiary/aromatic N) is 7. The number of nitrogens with two attached hydrogens (primary N) is 1. The lowest BCUT2D eigenvalue weighted by Gasteiger charge is -2.41. The van der Waals surface area contributed by atoms with Crippen LogP contribution >= 0.6 is 0 Å². The summed E-state index contributed by atoms with van der Waals surface area (Å²) in [6, 6.07) is 21.0. The Morgan fingerprint density at radius 2 is 1.70 bits per heavy atom. The number of hydrogen-bond donors (Lipinski definition) is 3. The molecule has 0 aliphatic carbocycles. The molecule has 4 amide bonds. The third-order valence-electron chi connectivity index (χ3n) is 13.5. The zero-order chi connectivity index (χ0) is 42.4. The van der Waals surface area contributed by atoms with E-state index in [2.05, 4.69) is 62.1 Å². The molecule has 4 N–H and O–H groups in total. The Bertz CT molecular complexity index is 2490. The molecule has 4 saturated heterocycles. The highest BCUT2D eigenvalue weighted by Crippen LogP contribution is 2.38. The van der Waals surface area contributed by atoms with Crippen LogP contribution < -0.4 is 20.9 Å². The second-order valence-electron chi connectivity index (χ2n) is 17.5. The molecule has 6 heterocycles. The van der Waals surface area contributed by atoms with Crippen LogP contribution in [0.15, 0.2) is 72.9 Å². The Labute approximate surface area is 355 Å². The number of nitrogen functional groups attached to an aromatic ring is 1. The highest BCUT2D eigenvalue weighted by Gasteiger charge is 2.39. The summed E-state index contributed by atoms with van der Waals surface area (Å²) in [7, 11) is 0. The van der Waals surface area contributed by atoms with Crippen LogP contribution in [0, 0.1) is 13.8 Å². The molecule has 1 atom stereocenters. The van der Waals surface area contributed by atoms with E-state index in [1.165, 1.54) is 5.56 Å². The van der Waals surface area contributed by atoms with Gasteiger partial charge < -0.3 is 30.1 Å². The summed E-state index contributed by atoms with van der Waals surface area (Å²) in [4.78, 5) is 45.9. The number of likely N-dealkylation sites (tertiary alicyclic amines) is 2. The molecular weight excluding hydrogens is 774 g/mol. The van der Waals surface area contributed by atoms with Crippen molar-refractivity contribution in [2.75, 3.05) is 67.9 Å². The van der Waals surface area contributed by atoms with E-state index in [-0.39, 0.29) is 42.0 Å². The van der Waals surface area contributed by atoms with Gasteiger partial charge in [0.25, 0.3) is 5.91 Å². The molecule has 14 heteroatoms. The first-order chi connectivity index (χ1) is 29.4. The molecule has 4 fully saturated rings. The number of benzene rings is 3. The normalized spacial score (nSPS) is 20.3. The van der Waals surface area contributed by atoms with E-state index >= 15 is 4.39 Å². The quantitative estimate of drug-likeness (QED) is 0.149. The molecule has 0 unspecified atom stereocenters. The number of carbonyl (C=O) groups is 3. The number of halogens is 1. The fourth-order valence-corrected chi connectivity index (χ4v) is 10.2. The fraction of sp³-hybridized carbons (Fsp3) is 0.426. The molecule has 3 aromatic carbocycles. The fourth-order valence-electron chi connectivity index (χ4n) is 10.2. The molecule has 4 aliphatic rings. The standard InChI is InChI=1S/C47H54FN9O4/c1-30-24-33(9-10-37(30)34-6-5-17-55(28-34)40-27-39(51-52-44(40)49)38-7-3-4-8-41(38)58)45(60)54-22-15-47(48,16-23-54)29-53-18-12-35(13-19-53)56-20-11-32-26-36(25-31(2)43(32)56)57-21-14-42(59)50-46(57)61/h3-4,7-11,20,24-27,34-35,58H,5-6,12-19,21-23,28-29H2,1-2H3,(H2,49,52)(H,50,59,61)/t34-/m0/s1. The van der Waals surface area contributed by atoms with Crippen molar-refractivity contribution in [2.45, 2.75) is 76.4 Å². The van der Waals surface area contributed by atoms with E-state index in [1.807, 2.05) is 47.4 Å². The van der Waals surface area contributed by atoms with Gasteiger partial charge in [-0.1, -0.05) is 18.2 Å². The summed E-state index contributed by atoms with van der Waals surface area (Å²) >= 11 is 0. The lowest BCUT2D eigenvalue weighted by atomic mass is 9.86. The number of rotatable bonds is 8. The average Bonchev–Trinajstić information content (AvgIpc) is 3.69. The molecule has 4 aliphatic heterocycles. The molecule has 9 rings (SSSR count). The van der Waals surface area contributed by atoms with E-state index < -0.39 is 5.67 Å². The summed E-state index contributed by atoms with van der Waals surface area (Å²) in [5.74, 6) is 0.423. The van der Waals surface area contributed by atoms with Crippen molar-refractivity contribution in [3.05, 3.63) is 95.2 Å². The van der Waals surface area contributed by atoms with Crippen molar-refractivity contribution in [1.82, 2.24) is 29.9 Å². The van der Waals surface area contributed by atoms with Crippen LogP contribution in [-0.4, -0.2) is 106 Å². The van der Waals surface area contributed by atoms with Crippen molar-refractivity contribution in [3.63, 3.8) is 0 Å². The molecule has 0 saturated carbocycles. The number of anilines is 3. The number of piperidine rings is 3. The molecule has 61 heavy (non-hydrogen) atoms. The van der Waals surface area contributed by atoms with Gasteiger partial charge >= 0.3 is 6.03 Å². The predicted octanol–water partition coefficient (Wildman–Crippen LogP) is 7.11. The van der Waals surface area contributed by atoms with Crippen molar-refractivity contribution in [3.8, 4) is 17.0 Å². The van der Waals surface area contributed by atoms with Crippen LogP contribution in [0.5, 0.6) is 5.75 Å². The van der Waals surface area contributed by atoms with Crippen LogP contribution in [0.2, 0.25) is 0 Å². The minimum Gasteiger partial charge on any atom is -0.507 e. The number of alkyl halides is 1. The molecule has 0 bridgehead atoms. The molecule has 13 nitrogen and oxygen atoms in total. The van der Waals surface area contributed by atoms with Gasteiger partial charge in [0, 0.05) is 112 Å². The second kappa shape index (κ2) is 16.4. The molecule has 2 aromatic heterocycles. The second-order valence-corrected chi connectivity index (χ2v) is 17.5. The highest BCUT2D eigenvalue weighted by atomic mass is 19.1. The summed E-state index contributed by atoms with van der Waals surface area (Å²) < 4.78 is 18.8. The Morgan fingerprint density at radius 3 is 2.46 bits per heavy atom. The zero-order valence-electron chi connectivity index (χ0n) is 34.9. The summed E-state index contributed by atoms with van der Waals surface area (Å²) in [6.07, 6.45) is 6.84. The topological polar surface area (TPSA) is 153 Å². The van der Waals surface area contributed by atoms with Crippen LogP contribution in [-0.2, 0) is 4.79 Å². The van der Waals surface area contributed by atoms with Gasteiger partial charge in [-0.25, -0.2) is 9.18 Å². The maximum absolute atomic E-state index is 16.4. The van der Waals surface area contributed by atoms with Gasteiger partial charge in [0.15, 0.2) is 5.82 Å². The van der Waals surface area contributed by atoms with Gasteiger partial charge in [-0.15, -0.1) is 10.2 Å². The first-order valence-electron chi connectivity index (χ1n) is 21.6. The zero-order valence-corrected chi connectivity index (χ0v) is 34.9. The number of aromatic nitrogens is 3. The number of amides is 4. The van der Waals surface area contributed by atoms with Crippen molar-refractivity contribution in [1.29, 1.82) is 0 Å². The molecule has 5 aromatic rings. The van der Waals surface area contributed by atoms with Gasteiger partial charge in [0.1, 0.15) is 11.4 Å². The minimum atomic E-state index is -1.34. The van der Waals surface area contributed by atoms with Gasteiger partial charge in [0.05, 0.1) is 16.9 Å². The Balaban J connectivity index is 0.781. The maximum Gasteiger partial charge on any atom is 0.328 e. The number of hydrogen-bond acceptors (Lipinski definition) is 9. The van der Waals surface area contributed by atoms with Gasteiger partial charge in [0.2, 0.25) is 5.91 Å². The number of carbonyl (C=O) groups excluding carboxylic acids is 3. The molecule has 318 valence electrons. The minimum absolute atomic E-state index is 0.0502. The largest absolute Gasteiger partial charge is 0.507 e. The SMILES string of the molecule is Cc1cc(C(=O)N2CCC(F)(CN3CCC(n4ccc5cc(N6CCC(=O)NC6=O)cc(C)c54)CC3)CC2)ccc1[C@H]1CCCN(c2cc(-c3ccccc3O)nnc2N)C1. The molecular formula is C47H54FN9O4. The van der Waals surface area contributed by atoms with Crippen molar-refractivity contribution < 1.29 is 23.9 Å². The number of phenolic OH excluding ortho intramolecular Hbond substituents is 1. The number of para-hydroxylation sites is 1. The van der Waals surface area contributed by atoms with E-state index in [9.17, 15) is 19.5 Å². The number of urea groups is 1. The van der Waals surface area contributed by atoms with E-state index in [0.717, 1.165) is 85.3 Å². The summed E-state index contributed by atoms with van der Waals surface area (Å²) in [6.45, 7) is 8.81. The third-order valence-corrected chi connectivity index (χ3v) is 13.5. The number of fused-ring (bicyclic) bond motifs is 1. The Morgan fingerprint density at radius 1 is 0.918 bits per heavy atom. The van der Waals surface area contributed by atoms with Crippen LogP contribution in [0.3, 0.4) is 0 Å². The average molecular weight is 828 g/mol. The monoisotopic (exact) mass is 827 g/mol. The van der Waals surface area contributed by atoms with Crippen molar-refractivity contribution in [2.24, 2.45) is 0 Å². The smallest absolute Gasteiger partial charge is 0.328 e. The van der Waals surface area contributed by atoms with Crippen molar-refractivity contribution >= 4 is 45.9 Å². The number of aromatic hydroxyl groups is 1. The number of nitrogens with one attached hydrogen (secondary N) is 1. The predicted molar refractivity (Wildman–Crippen MR) is 235 cm³/mol. The molecule has 0 radical (unpaired) electrons. The summed E-state index contributed by atoms with van der Waals surface area (Å²) in [5.41, 5.74) is 12.9. The lowest BCUT2D eigenvalue weighted by molar-refractivity contribution is -0.120. The Hall–Kier alpha value is -6.02. The lowest BCUT2D eigenvalue weighted by Crippen LogP contribution is -2.51. The van der Waals surface area contributed by atoms with E-state index in [1.54, 1.807) is 17.0 Å². The third kappa shape index (κ3) is 8.13. The van der Waals surface area contributed by atoms with Gasteiger partial charge in [-0.3, -0.25) is 19.8 Å². The van der Waals surface area contributed by atoms with Gasteiger partial charge in [-0.2, -0.15) is 0 Å². The first-order valence-corrected chi connectivity index (χ1v) is 21.6. The maximum atomic E-state index is 16.4. The van der Waals surface area contributed by atoms with E-state index in [4.69, 9.17) is 5.73 Å². The molecule has 0 spiro atoms. The van der Waals surface area contributed by atoms with Crippen LogP contribution in [0.4, 0.5) is 26.4 Å². The summed E-state index contributed by atoms with van der Waals surface area (Å²) in [5, 5.41) is 22.4. The number of imide groups is 1. The van der Waals surface area contributed by atoms with Gasteiger partial charge in [-0.05, 0) is 105 Å². The van der Waals surface area contributed by atoms with Crippen LogP contribution in [0.1, 0.15) is 84.0 Å². The first kappa shape index (κ1) is 40.4. The van der Waals surface area contributed by atoms with E-state index in [0.29, 0.717) is 61.7 Å². The highest BCUT2D eigenvalue weighted by molar-refractivity contribution is 6.06. The number of phenols is 1. The number of aryl methyl sites for hydroxylation is 2.